The van der Waals surface area contributed by atoms with E-state index in [1.807, 2.05) is 18.2 Å². The van der Waals surface area contributed by atoms with Gasteiger partial charge in [0, 0.05) is 16.0 Å². The van der Waals surface area contributed by atoms with Gasteiger partial charge in [0.1, 0.15) is 5.76 Å². The van der Waals surface area contributed by atoms with Gasteiger partial charge in [-0.3, -0.25) is 5.10 Å². The first-order chi connectivity index (χ1) is 11.2. The third kappa shape index (κ3) is 4.23. The third-order valence-electron chi connectivity index (χ3n) is 3.35. The van der Waals surface area contributed by atoms with Crippen molar-refractivity contribution in [1.82, 2.24) is 20.4 Å². The first-order valence-corrected chi connectivity index (χ1v) is 8.11. The molecule has 0 aromatic carbocycles. The third-order valence-corrected chi connectivity index (χ3v) is 4.33. The highest BCUT2D eigenvalue weighted by Gasteiger charge is 2.16. The lowest BCUT2D eigenvalue weighted by Crippen LogP contribution is -2.38. The number of aromatic nitrogens is 2. The Hall–Kier alpha value is -2.54. The number of hydrogen-bond donors (Lipinski definition) is 2. The molecule has 0 fully saturated rings. The summed E-state index contributed by atoms with van der Waals surface area (Å²) in [5, 5.41) is 9.61. The minimum Gasteiger partial charge on any atom is -0.467 e. The van der Waals surface area contributed by atoms with Crippen LogP contribution in [0.4, 0.5) is 4.79 Å². The van der Waals surface area contributed by atoms with E-state index in [9.17, 15) is 4.79 Å². The van der Waals surface area contributed by atoms with E-state index >= 15 is 0 Å². The molecule has 2 amide bonds. The normalized spacial score (nSPS) is 10.7. The van der Waals surface area contributed by atoms with Gasteiger partial charge in [0.25, 0.3) is 0 Å². The van der Waals surface area contributed by atoms with Gasteiger partial charge in [0.15, 0.2) is 0 Å². The first kappa shape index (κ1) is 15.4. The Kier molecular flexibility index (Phi) is 4.77. The number of carbonyl (C=O) groups is 1. The Morgan fingerprint density at radius 3 is 2.91 bits per heavy atom. The van der Waals surface area contributed by atoms with E-state index < -0.39 is 0 Å². The summed E-state index contributed by atoms with van der Waals surface area (Å²) in [4.78, 5) is 16.6. The van der Waals surface area contributed by atoms with Crippen molar-refractivity contribution in [3.8, 4) is 0 Å². The molecular formula is C16H18N4O2S. The molecule has 3 aromatic heterocycles. The summed E-state index contributed by atoms with van der Waals surface area (Å²) in [7, 11) is 0. The van der Waals surface area contributed by atoms with E-state index in [4.69, 9.17) is 4.42 Å². The molecule has 3 aromatic rings. The second-order valence-electron chi connectivity index (χ2n) is 5.19. The molecule has 0 aliphatic heterocycles. The van der Waals surface area contributed by atoms with Gasteiger partial charge < -0.3 is 14.6 Å². The molecule has 0 aliphatic rings. The fraction of sp³-hybridized carbons (Fsp3) is 0.250. The van der Waals surface area contributed by atoms with E-state index in [0.717, 1.165) is 16.3 Å². The Morgan fingerprint density at radius 2 is 2.26 bits per heavy atom. The number of nitrogens with one attached hydrogen (secondary N) is 2. The number of aromatic amines is 1. The number of amides is 2. The number of hydrogen-bond acceptors (Lipinski definition) is 4. The van der Waals surface area contributed by atoms with Crippen LogP contribution in [-0.2, 0) is 19.6 Å². The molecule has 0 saturated carbocycles. The molecule has 3 rings (SSSR count). The largest absolute Gasteiger partial charge is 0.467 e. The van der Waals surface area contributed by atoms with Gasteiger partial charge in [0.2, 0.25) is 0 Å². The first-order valence-electron chi connectivity index (χ1n) is 7.29. The summed E-state index contributed by atoms with van der Waals surface area (Å²) in [5.41, 5.74) is 0.864. The van der Waals surface area contributed by atoms with Crippen LogP contribution in [0, 0.1) is 6.92 Å². The summed E-state index contributed by atoms with van der Waals surface area (Å²) in [6.45, 7) is 3.45. The number of thiophene rings is 1. The summed E-state index contributed by atoms with van der Waals surface area (Å²) < 4.78 is 5.37. The van der Waals surface area contributed by atoms with Crippen molar-refractivity contribution in [3.05, 3.63) is 64.0 Å². The van der Waals surface area contributed by atoms with Gasteiger partial charge in [0.05, 0.1) is 31.6 Å². The predicted octanol–water partition coefficient (Wildman–Crippen LogP) is 3.28. The average Bonchev–Trinajstić information content (AvgIpc) is 3.27. The summed E-state index contributed by atoms with van der Waals surface area (Å²) in [6, 6.07) is 9.51. The second-order valence-corrected chi connectivity index (χ2v) is 6.56. The lowest BCUT2D eigenvalue weighted by molar-refractivity contribution is 0.187. The fourth-order valence-electron chi connectivity index (χ4n) is 2.21. The van der Waals surface area contributed by atoms with Gasteiger partial charge in [-0.05, 0) is 37.3 Å². The van der Waals surface area contributed by atoms with Crippen molar-refractivity contribution < 1.29 is 9.21 Å². The van der Waals surface area contributed by atoms with Crippen LogP contribution in [0.2, 0.25) is 0 Å². The van der Waals surface area contributed by atoms with E-state index in [1.165, 1.54) is 4.88 Å². The quantitative estimate of drug-likeness (QED) is 0.728. The SMILES string of the molecule is Cc1ccc(CN(Cc2ccco2)C(=O)NCc2ccn[nH]2)s1. The fourth-order valence-corrected chi connectivity index (χ4v) is 3.12. The van der Waals surface area contributed by atoms with Crippen LogP contribution >= 0.6 is 11.3 Å². The zero-order valence-electron chi connectivity index (χ0n) is 12.8. The van der Waals surface area contributed by atoms with Crippen molar-refractivity contribution in [2.45, 2.75) is 26.6 Å². The van der Waals surface area contributed by atoms with Crippen LogP contribution in [0.5, 0.6) is 0 Å². The lowest BCUT2D eigenvalue weighted by Gasteiger charge is -2.21. The zero-order valence-corrected chi connectivity index (χ0v) is 13.6. The van der Waals surface area contributed by atoms with Crippen LogP contribution in [-0.4, -0.2) is 21.1 Å². The molecule has 0 bridgehead atoms. The minimum atomic E-state index is -0.137. The predicted molar refractivity (Wildman–Crippen MR) is 87.8 cm³/mol. The maximum Gasteiger partial charge on any atom is 0.318 e. The smallest absolute Gasteiger partial charge is 0.318 e. The number of aryl methyl sites for hydroxylation is 1. The molecular weight excluding hydrogens is 312 g/mol. The van der Waals surface area contributed by atoms with Gasteiger partial charge in [-0.2, -0.15) is 5.10 Å². The maximum atomic E-state index is 12.5. The average molecular weight is 330 g/mol. The van der Waals surface area contributed by atoms with Crippen LogP contribution in [0.15, 0.2) is 47.2 Å². The summed E-state index contributed by atoms with van der Waals surface area (Å²) >= 11 is 1.69. The molecule has 0 radical (unpaired) electrons. The molecule has 0 spiro atoms. The second kappa shape index (κ2) is 7.15. The Labute approximate surface area is 138 Å². The van der Waals surface area contributed by atoms with Gasteiger partial charge >= 0.3 is 6.03 Å². The Balaban J connectivity index is 1.66. The number of urea groups is 1. The highest BCUT2D eigenvalue weighted by molar-refractivity contribution is 7.11. The molecule has 120 valence electrons. The van der Waals surface area contributed by atoms with Crippen LogP contribution in [0.3, 0.4) is 0 Å². The number of H-pyrrole nitrogens is 1. The van der Waals surface area contributed by atoms with E-state index in [2.05, 4.69) is 34.6 Å². The molecule has 0 unspecified atom stereocenters. The molecule has 7 heteroatoms. The van der Waals surface area contributed by atoms with Gasteiger partial charge in [-0.15, -0.1) is 11.3 Å². The number of nitrogens with zero attached hydrogens (tertiary/aromatic N) is 2. The molecule has 23 heavy (non-hydrogen) atoms. The van der Waals surface area contributed by atoms with Crippen LogP contribution < -0.4 is 5.32 Å². The highest BCUT2D eigenvalue weighted by Crippen LogP contribution is 2.18. The van der Waals surface area contributed by atoms with E-state index in [0.29, 0.717) is 19.6 Å². The number of furan rings is 1. The standard InChI is InChI=1S/C16H18N4O2S/c1-12-4-5-15(23-12)11-20(10-14-3-2-8-22-14)16(21)17-9-13-6-7-18-19-13/h2-8H,9-11H2,1H3,(H,17,21)(H,18,19). The monoisotopic (exact) mass is 330 g/mol. The number of carbonyl (C=O) groups excluding carboxylic acids is 1. The molecule has 0 atom stereocenters. The number of rotatable bonds is 6. The van der Waals surface area contributed by atoms with Crippen molar-refractivity contribution in [2.24, 2.45) is 0 Å². The molecule has 0 saturated heterocycles. The van der Waals surface area contributed by atoms with E-state index in [1.54, 1.807) is 28.7 Å². The molecule has 3 heterocycles. The molecule has 2 N–H and O–H groups in total. The summed E-state index contributed by atoms with van der Waals surface area (Å²) in [5.74, 6) is 0.759. The highest BCUT2D eigenvalue weighted by atomic mass is 32.1. The molecule has 0 aliphatic carbocycles. The van der Waals surface area contributed by atoms with Crippen molar-refractivity contribution in [1.29, 1.82) is 0 Å². The lowest BCUT2D eigenvalue weighted by atomic mass is 10.3. The van der Waals surface area contributed by atoms with Gasteiger partial charge in [-0.1, -0.05) is 0 Å². The van der Waals surface area contributed by atoms with Crippen molar-refractivity contribution in [2.75, 3.05) is 0 Å². The topological polar surface area (TPSA) is 74.2 Å². The van der Waals surface area contributed by atoms with Gasteiger partial charge in [-0.25, -0.2) is 4.79 Å². The van der Waals surface area contributed by atoms with E-state index in [-0.39, 0.29) is 6.03 Å². The van der Waals surface area contributed by atoms with Crippen LogP contribution in [0.1, 0.15) is 21.2 Å². The van der Waals surface area contributed by atoms with Crippen LogP contribution in [0.25, 0.3) is 0 Å². The Bertz CT molecular complexity index is 734. The molecule has 6 nitrogen and oxygen atoms in total. The summed E-state index contributed by atoms with van der Waals surface area (Å²) in [6.07, 6.45) is 3.28. The zero-order chi connectivity index (χ0) is 16.1. The minimum absolute atomic E-state index is 0.137. The van der Waals surface area contributed by atoms with Crippen molar-refractivity contribution >= 4 is 17.4 Å². The maximum absolute atomic E-state index is 12.5. The van der Waals surface area contributed by atoms with Crippen molar-refractivity contribution in [3.63, 3.8) is 0 Å². The Morgan fingerprint density at radius 1 is 1.35 bits per heavy atom.